The maximum Gasteiger partial charge on any atom is 0.222 e. The zero-order valence-electron chi connectivity index (χ0n) is 7.99. The molecular weight excluding hydrogens is 176 g/mol. The number of nitrogens with two attached hydrogens (primary N) is 1. The average Bonchev–Trinajstić information content (AvgIpc) is 2.18. The van der Waals surface area contributed by atoms with Crippen molar-refractivity contribution in [3.05, 3.63) is 24.3 Å². The summed E-state index contributed by atoms with van der Waals surface area (Å²) >= 11 is 0. The summed E-state index contributed by atoms with van der Waals surface area (Å²) in [6.07, 6.45) is 0. The van der Waals surface area contributed by atoms with E-state index in [1.165, 1.54) is 0 Å². The first kappa shape index (κ1) is 8.74. The minimum absolute atomic E-state index is 0.305. The van der Waals surface area contributed by atoms with E-state index in [1.54, 1.807) is 0 Å². The van der Waals surface area contributed by atoms with Gasteiger partial charge in [0.1, 0.15) is 5.82 Å². The smallest absolute Gasteiger partial charge is 0.222 e. The van der Waals surface area contributed by atoms with Gasteiger partial charge in [0.15, 0.2) is 0 Å². The molecule has 0 amide bonds. The molecule has 1 aromatic carbocycles. The van der Waals surface area contributed by atoms with Crippen molar-refractivity contribution < 1.29 is 0 Å². The minimum atomic E-state index is 0.305. The van der Waals surface area contributed by atoms with Gasteiger partial charge in [-0.15, -0.1) is 0 Å². The molecule has 14 heavy (non-hydrogen) atoms. The maximum atomic E-state index is 5.59. The highest BCUT2D eigenvalue weighted by atomic mass is 15.1. The van der Waals surface area contributed by atoms with Gasteiger partial charge < -0.3 is 11.1 Å². The largest absolute Gasteiger partial charge is 0.370 e. The Kier molecular flexibility index (Phi) is 2.18. The van der Waals surface area contributed by atoms with Crippen molar-refractivity contribution in [2.24, 2.45) is 0 Å². The van der Waals surface area contributed by atoms with Gasteiger partial charge in [-0.05, 0) is 19.1 Å². The second-order valence-electron chi connectivity index (χ2n) is 2.98. The van der Waals surface area contributed by atoms with Gasteiger partial charge in [-0.25, -0.2) is 4.98 Å². The van der Waals surface area contributed by atoms with Crippen LogP contribution in [0.3, 0.4) is 0 Å². The number of aromatic nitrogens is 2. The number of nitrogens with one attached hydrogen (secondary N) is 1. The Morgan fingerprint density at radius 3 is 2.86 bits per heavy atom. The number of nitrogens with zero attached hydrogens (tertiary/aromatic N) is 2. The molecule has 4 heteroatoms. The highest BCUT2D eigenvalue weighted by Crippen LogP contribution is 2.20. The van der Waals surface area contributed by atoms with Crippen LogP contribution in [0.15, 0.2) is 24.3 Å². The number of rotatable bonds is 2. The molecule has 1 aromatic heterocycles. The topological polar surface area (TPSA) is 63.8 Å². The summed E-state index contributed by atoms with van der Waals surface area (Å²) in [4.78, 5) is 8.29. The van der Waals surface area contributed by atoms with Crippen molar-refractivity contribution in [1.29, 1.82) is 0 Å². The van der Waals surface area contributed by atoms with Gasteiger partial charge in [-0.1, -0.05) is 12.1 Å². The number of para-hydroxylation sites is 1. The van der Waals surface area contributed by atoms with Crippen LogP contribution in [0, 0.1) is 0 Å². The van der Waals surface area contributed by atoms with E-state index >= 15 is 0 Å². The third-order valence-electron chi connectivity index (χ3n) is 1.96. The maximum absolute atomic E-state index is 5.59. The normalized spacial score (nSPS) is 10.4. The first-order valence-corrected chi connectivity index (χ1v) is 4.57. The molecule has 3 N–H and O–H groups in total. The fraction of sp³-hybridized carbons (Fsp3) is 0.200. The molecule has 1 heterocycles. The molecule has 4 nitrogen and oxygen atoms in total. The van der Waals surface area contributed by atoms with Crippen LogP contribution in [0.4, 0.5) is 11.8 Å². The number of hydrogen-bond donors (Lipinski definition) is 2. The van der Waals surface area contributed by atoms with E-state index in [2.05, 4.69) is 15.3 Å². The Balaban J connectivity index is 2.67. The van der Waals surface area contributed by atoms with E-state index in [0.717, 1.165) is 23.3 Å². The van der Waals surface area contributed by atoms with Gasteiger partial charge in [-0.2, -0.15) is 4.98 Å². The molecule has 72 valence electrons. The molecule has 0 aliphatic heterocycles. The highest BCUT2D eigenvalue weighted by molar-refractivity contribution is 5.89. The second kappa shape index (κ2) is 3.49. The van der Waals surface area contributed by atoms with Crippen LogP contribution in [0.1, 0.15) is 6.92 Å². The summed E-state index contributed by atoms with van der Waals surface area (Å²) in [5, 5.41) is 4.16. The lowest BCUT2D eigenvalue weighted by atomic mass is 10.2. The van der Waals surface area contributed by atoms with Crippen LogP contribution in [0.25, 0.3) is 10.9 Å². The molecule has 0 saturated carbocycles. The summed E-state index contributed by atoms with van der Waals surface area (Å²) in [5.41, 5.74) is 6.46. The van der Waals surface area contributed by atoms with Crippen molar-refractivity contribution in [3.63, 3.8) is 0 Å². The summed E-state index contributed by atoms with van der Waals surface area (Å²) in [6.45, 7) is 2.84. The molecule has 0 aliphatic rings. The SMILES string of the molecule is CCNc1nc(N)nc2ccccc12. The molecule has 0 saturated heterocycles. The number of hydrogen-bond acceptors (Lipinski definition) is 4. The second-order valence-corrected chi connectivity index (χ2v) is 2.98. The first-order chi connectivity index (χ1) is 6.81. The molecular formula is C10H12N4. The standard InChI is InChI=1S/C10H12N4/c1-2-12-9-7-5-3-4-6-8(7)13-10(11)14-9/h3-6H,2H2,1H3,(H3,11,12,13,14). The first-order valence-electron chi connectivity index (χ1n) is 4.57. The molecule has 2 rings (SSSR count). The van der Waals surface area contributed by atoms with E-state index in [0.29, 0.717) is 5.95 Å². The number of benzene rings is 1. The third kappa shape index (κ3) is 1.46. The van der Waals surface area contributed by atoms with Crippen molar-refractivity contribution >= 4 is 22.7 Å². The predicted octanol–water partition coefficient (Wildman–Crippen LogP) is 1.64. The number of anilines is 2. The molecule has 0 spiro atoms. The summed E-state index contributed by atoms with van der Waals surface area (Å²) in [7, 11) is 0. The van der Waals surface area contributed by atoms with Crippen molar-refractivity contribution in [1.82, 2.24) is 9.97 Å². The molecule has 0 aliphatic carbocycles. The molecule has 0 bridgehead atoms. The van der Waals surface area contributed by atoms with Gasteiger partial charge >= 0.3 is 0 Å². The van der Waals surface area contributed by atoms with Gasteiger partial charge in [0, 0.05) is 11.9 Å². The van der Waals surface area contributed by atoms with Crippen LogP contribution in [-0.4, -0.2) is 16.5 Å². The van der Waals surface area contributed by atoms with Crippen molar-refractivity contribution in [3.8, 4) is 0 Å². The van der Waals surface area contributed by atoms with Crippen LogP contribution in [0.5, 0.6) is 0 Å². The number of nitrogen functional groups attached to an aromatic ring is 1. The quantitative estimate of drug-likeness (QED) is 0.752. The Hall–Kier alpha value is -1.84. The van der Waals surface area contributed by atoms with Crippen molar-refractivity contribution in [2.75, 3.05) is 17.6 Å². The Morgan fingerprint density at radius 2 is 2.07 bits per heavy atom. The minimum Gasteiger partial charge on any atom is -0.370 e. The van der Waals surface area contributed by atoms with E-state index in [-0.39, 0.29) is 0 Å². The Bertz CT molecular complexity index is 453. The fourth-order valence-electron chi connectivity index (χ4n) is 1.40. The van der Waals surface area contributed by atoms with Gasteiger partial charge in [0.2, 0.25) is 5.95 Å². The van der Waals surface area contributed by atoms with E-state index in [9.17, 15) is 0 Å². The Labute approximate surface area is 82.2 Å². The zero-order valence-corrected chi connectivity index (χ0v) is 7.99. The lowest BCUT2D eigenvalue weighted by molar-refractivity contribution is 1.15. The summed E-state index contributed by atoms with van der Waals surface area (Å²) in [6, 6.07) is 7.80. The van der Waals surface area contributed by atoms with E-state index in [4.69, 9.17) is 5.73 Å². The third-order valence-corrected chi connectivity index (χ3v) is 1.96. The lowest BCUT2D eigenvalue weighted by Crippen LogP contribution is -2.04. The average molecular weight is 188 g/mol. The zero-order chi connectivity index (χ0) is 9.97. The molecule has 0 radical (unpaired) electrons. The van der Waals surface area contributed by atoms with Crippen LogP contribution in [-0.2, 0) is 0 Å². The van der Waals surface area contributed by atoms with Crippen molar-refractivity contribution in [2.45, 2.75) is 6.92 Å². The van der Waals surface area contributed by atoms with Gasteiger partial charge in [-0.3, -0.25) is 0 Å². The fourth-order valence-corrected chi connectivity index (χ4v) is 1.40. The van der Waals surface area contributed by atoms with Crippen LogP contribution < -0.4 is 11.1 Å². The number of fused-ring (bicyclic) bond motifs is 1. The summed E-state index contributed by atoms with van der Waals surface area (Å²) in [5.74, 6) is 1.11. The van der Waals surface area contributed by atoms with E-state index < -0.39 is 0 Å². The molecule has 0 fully saturated rings. The van der Waals surface area contributed by atoms with Crippen LogP contribution >= 0.6 is 0 Å². The Morgan fingerprint density at radius 1 is 1.29 bits per heavy atom. The summed E-state index contributed by atoms with van der Waals surface area (Å²) < 4.78 is 0. The molecule has 2 aromatic rings. The van der Waals surface area contributed by atoms with Gasteiger partial charge in [0.25, 0.3) is 0 Å². The lowest BCUT2D eigenvalue weighted by Gasteiger charge is -2.06. The predicted molar refractivity (Wildman–Crippen MR) is 58.1 cm³/mol. The van der Waals surface area contributed by atoms with E-state index in [1.807, 2.05) is 31.2 Å². The highest BCUT2D eigenvalue weighted by Gasteiger charge is 2.03. The molecule has 0 unspecified atom stereocenters. The monoisotopic (exact) mass is 188 g/mol. The molecule has 0 atom stereocenters. The van der Waals surface area contributed by atoms with Crippen LogP contribution in [0.2, 0.25) is 0 Å². The van der Waals surface area contributed by atoms with Gasteiger partial charge in [0.05, 0.1) is 5.52 Å².